The Morgan fingerprint density at radius 1 is 1.10 bits per heavy atom. The third kappa shape index (κ3) is 5.75. The summed E-state index contributed by atoms with van der Waals surface area (Å²) in [6.07, 6.45) is 1.79. The number of carbonyl (C=O) groups excluding carboxylic acids is 1. The van der Waals surface area contributed by atoms with Gasteiger partial charge in [-0.3, -0.25) is 9.36 Å². The first-order valence-electron chi connectivity index (χ1n) is 12.4. The molecule has 3 aromatic carbocycles. The normalized spacial score (nSPS) is 15.0. The first kappa shape index (κ1) is 28.2. The van der Waals surface area contributed by atoms with E-state index in [4.69, 9.17) is 9.47 Å². The number of halogens is 3. The Bertz CT molecular complexity index is 1780. The van der Waals surface area contributed by atoms with E-state index in [-0.39, 0.29) is 24.6 Å². The van der Waals surface area contributed by atoms with Crippen LogP contribution in [0, 0.1) is 5.82 Å². The van der Waals surface area contributed by atoms with Crippen LogP contribution in [0.3, 0.4) is 0 Å². The molecule has 6 nitrogen and oxygen atoms in total. The third-order valence-corrected chi connectivity index (χ3v) is 8.41. The van der Waals surface area contributed by atoms with E-state index >= 15 is 0 Å². The highest BCUT2D eigenvalue weighted by molar-refractivity contribution is 9.11. The summed E-state index contributed by atoms with van der Waals surface area (Å²) in [7, 11) is 0. The van der Waals surface area contributed by atoms with Gasteiger partial charge in [0, 0.05) is 0 Å². The highest BCUT2D eigenvalue weighted by Crippen LogP contribution is 2.36. The molecule has 1 aromatic heterocycles. The molecule has 4 aromatic rings. The van der Waals surface area contributed by atoms with Crippen LogP contribution in [-0.4, -0.2) is 17.1 Å². The van der Waals surface area contributed by atoms with Gasteiger partial charge in [0.25, 0.3) is 5.56 Å². The summed E-state index contributed by atoms with van der Waals surface area (Å²) in [6.45, 7) is 3.99. The van der Waals surface area contributed by atoms with E-state index in [9.17, 15) is 14.0 Å². The van der Waals surface area contributed by atoms with Crippen molar-refractivity contribution in [2.75, 3.05) is 6.61 Å². The van der Waals surface area contributed by atoms with Crippen LogP contribution in [0.5, 0.6) is 5.75 Å². The van der Waals surface area contributed by atoms with E-state index < -0.39 is 12.0 Å². The highest BCUT2D eigenvalue weighted by atomic mass is 79.9. The molecule has 0 N–H and O–H groups in total. The van der Waals surface area contributed by atoms with Gasteiger partial charge in [0.15, 0.2) is 4.80 Å². The second-order valence-corrected chi connectivity index (χ2v) is 11.7. The molecule has 0 fully saturated rings. The quantitative estimate of drug-likeness (QED) is 0.223. The SMILES string of the molecule is CCOC(=O)C1=C(C)N=c2sc(=Cc3cc(Br)c(OCc4ccc(F)cc4)c(Br)c3)c(=O)n2[C@H]1c1ccccc1. The number of benzene rings is 3. The molecule has 10 heteroatoms. The number of hydrogen-bond acceptors (Lipinski definition) is 6. The Labute approximate surface area is 250 Å². The van der Waals surface area contributed by atoms with Gasteiger partial charge in [-0.1, -0.05) is 53.8 Å². The number of esters is 1. The number of carbonyl (C=O) groups is 1. The minimum Gasteiger partial charge on any atom is -0.487 e. The number of thiazole rings is 1. The number of aromatic nitrogens is 1. The Kier molecular flexibility index (Phi) is 8.48. The van der Waals surface area contributed by atoms with Gasteiger partial charge in [0.05, 0.1) is 37.4 Å². The minimum absolute atomic E-state index is 0.217. The van der Waals surface area contributed by atoms with Gasteiger partial charge in [-0.15, -0.1) is 0 Å². The van der Waals surface area contributed by atoms with Gasteiger partial charge in [0.2, 0.25) is 0 Å². The van der Waals surface area contributed by atoms with Crippen molar-refractivity contribution < 1.29 is 18.7 Å². The number of fused-ring (bicyclic) bond motifs is 1. The maximum atomic E-state index is 13.8. The molecule has 1 aliphatic heterocycles. The molecule has 2 heterocycles. The van der Waals surface area contributed by atoms with Gasteiger partial charge < -0.3 is 9.47 Å². The number of rotatable bonds is 7. The lowest BCUT2D eigenvalue weighted by atomic mass is 9.96. The van der Waals surface area contributed by atoms with Crippen LogP contribution in [0.25, 0.3) is 6.08 Å². The molecule has 1 aliphatic rings. The van der Waals surface area contributed by atoms with E-state index in [0.29, 0.717) is 35.3 Å². The predicted octanol–water partition coefficient (Wildman–Crippen LogP) is 6.04. The van der Waals surface area contributed by atoms with E-state index in [1.165, 1.54) is 23.5 Å². The van der Waals surface area contributed by atoms with Gasteiger partial charge in [-0.05, 0) is 92.7 Å². The molecule has 0 aliphatic carbocycles. The first-order chi connectivity index (χ1) is 19.3. The zero-order valence-electron chi connectivity index (χ0n) is 21.5. The molecule has 1 atom stereocenters. The molecule has 0 saturated carbocycles. The number of hydrogen-bond donors (Lipinski definition) is 0. The van der Waals surface area contributed by atoms with Crippen molar-refractivity contribution in [1.82, 2.24) is 4.57 Å². The van der Waals surface area contributed by atoms with Gasteiger partial charge in [-0.2, -0.15) is 0 Å². The second-order valence-electron chi connectivity index (χ2n) is 8.94. The fourth-order valence-corrected chi connectivity index (χ4v) is 6.93. The van der Waals surface area contributed by atoms with E-state index in [2.05, 4.69) is 36.9 Å². The molecular formula is C30H23Br2FN2O4S. The molecule has 0 saturated heterocycles. The summed E-state index contributed by atoms with van der Waals surface area (Å²) in [5.74, 6) is -0.208. The van der Waals surface area contributed by atoms with Gasteiger partial charge >= 0.3 is 5.97 Å². The Balaban J connectivity index is 1.54. The zero-order chi connectivity index (χ0) is 28.4. The monoisotopic (exact) mass is 684 g/mol. The van der Waals surface area contributed by atoms with Crippen molar-refractivity contribution in [1.29, 1.82) is 0 Å². The van der Waals surface area contributed by atoms with Crippen LogP contribution in [0.4, 0.5) is 4.39 Å². The second kappa shape index (κ2) is 12.0. The van der Waals surface area contributed by atoms with Gasteiger partial charge in [-0.25, -0.2) is 14.2 Å². The van der Waals surface area contributed by atoms with Crippen molar-refractivity contribution in [3.63, 3.8) is 0 Å². The van der Waals surface area contributed by atoms with Crippen LogP contribution in [0.1, 0.15) is 36.6 Å². The van der Waals surface area contributed by atoms with E-state index in [1.54, 1.807) is 36.6 Å². The van der Waals surface area contributed by atoms with Crippen molar-refractivity contribution in [3.8, 4) is 5.75 Å². The maximum Gasteiger partial charge on any atom is 0.338 e. The van der Waals surface area contributed by atoms with Crippen molar-refractivity contribution >= 4 is 55.2 Å². The average molecular weight is 686 g/mol. The predicted molar refractivity (Wildman–Crippen MR) is 159 cm³/mol. The lowest BCUT2D eigenvalue weighted by Gasteiger charge is -2.24. The lowest BCUT2D eigenvalue weighted by Crippen LogP contribution is -2.39. The molecule has 0 unspecified atom stereocenters. The molecule has 40 heavy (non-hydrogen) atoms. The number of ether oxygens (including phenoxy) is 2. The topological polar surface area (TPSA) is 69.9 Å². The smallest absolute Gasteiger partial charge is 0.338 e. The summed E-state index contributed by atoms with van der Waals surface area (Å²) >= 11 is 8.39. The zero-order valence-corrected chi connectivity index (χ0v) is 25.5. The molecule has 204 valence electrons. The molecular weight excluding hydrogens is 663 g/mol. The molecule has 5 rings (SSSR count). The van der Waals surface area contributed by atoms with Crippen LogP contribution < -0.4 is 19.6 Å². The van der Waals surface area contributed by atoms with Crippen molar-refractivity contribution in [2.24, 2.45) is 4.99 Å². The molecule has 0 spiro atoms. The van der Waals surface area contributed by atoms with Crippen LogP contribution in [0.2, 0.25) is 0 Å². The summed E-state index contributed by atoms with van der Waals surface area (Å²) < 4.78 is 27.9. The van der Waals surface area contributed by atoms with Crippen LogP contribution in [-0.2, 0) is 16.1 Å². The van der Waals surface area contributed by atoms with Crippen LogP contribution in [0.15, 0.2) is 96.7 Å². The highest BCUT2D eigenvalue weighted by Gasteiger charge is 2.33. The average Bonchev–Trinajstić information content (AvgIpc) is 3.23. The Morgan fingerprint density at radius 3 is 2.42 bits per heavy atom. The molecule has 0 amide bonds. The third-order valence-electron chi connectivity index (χ3n) is 6.25. The summed E-state index contributed by atoms with van der Waals surface area (Å²) in [5.41, 5.74) is 3.00. The fourth-order valence-electron chi connectivity index (χ4n) is 4.43. The summed E-state index contributed by atoms with van der Waals surface area (Å²) in [6, 6.07) is 18.6. The summed E-state index contributed by atoms with van der Waals surface area (Å²) in [4.78, 5) is 31.9. The maximum absolute atomic E-state index is 13.8. The van der Waals surface area contributed by atoms with Crippen LogP contribution >= 0.6 is 43.2 Å². The first-order valence-corrected chi connectivity index (χ1v) is 14.8. The Hall–Kier alpha value is -3.34. The Morgan fingerprint density at radius 2 is 1.77 bits per heavy atom. The molecule has 0 radical (unpaired) electrons. The van der Waals surface area contributed by atoms with Gasteiger partial charge in [0.1, 0.15) is 18.2 Å². The van der Waals surface area contributed by atoms with Crippen molar-refractivity contribution in [2.45, 2.75) is 26.5 Å². The number of allylic oxidation sites excluding steroid dienone is 1. The van der Waals surface area contributed by atoms with E-state index in [1.807, 2.05) is 42.5 Å². The van der Waals surface area contributed by atoms with Crippen molar-refractivity contribution in [3.05, 3.63) is 129 Å². The largest absolute Gasteiger partial charge is 0.487 e. The fraction of sp³-hybridized carbons (Fsp3) is 0.167. The standard InChI is InChI=1S/C30H23Br2FN2O4S/c1-3-38-29(37)25-17(2)34-30-35(26(25)20-7-5-4-6-8-20)28(36)24(40-30)15-19-13-22(31)27(23(32)14-19)39-16-18-9-11-21(33)12-10-18/h4-15,26H,3,16H2,1-2H3/t26-/m0/s1. The molecule has 0 bridgehead atoms. The minimum atomic E-state index is -0.653. The summed E-state index contributed by atoms with van der Waals surface area (Å²) in [5, 5.41) is 0. The number of nitrogens with zero attached hydrogens (tertiary/aromatic N) is 2. The van der Waals surface area contributed by atoms with E-state index in [0.717, 1.165) is 16.7 Å². The lowest BCUT2D eigenvalue weighted by molar-refractivity contribution is -0.139.